The van der Waals surface area contributed by atoms with Gasteiger partial charge in [-0.2, -0.15) is 13.2 Å². The van der Waals surface area contributed by atoms with E-state index in [4.69, 9.17) is 0 Å². The van der Waals surface area contributed by atoms with E-state index in [0.29, 0.717) is 5.82 Å². The molecule has 4 nitrogen and oxygen atoms in total. The Labute approximate surface area is 120 Å². The van der Waals surface area contributed by atoms with Crippen LogP contribution in [0.5, 0.6) is 0 Å². The molecule has 0 N–H and O–H groups in total. The van der Waals surface area contributed by atoms with Gasteiger partial charge in [0.2, 0.25) is 0 Å². The van der Waals surface area contributed by atoms with Crippen LogP contribution in [0.3, 0.4) is 0 Å². The van der Waals surface area contributed by atoms with E-state index in [9.17, 15) is 13.2 Å². The number of likely N-dealkylation sites (N-methyl/N-ethyl adjacent to an activating group) is 1. The average Bonchev–Trinajstić information content (AvgIpc) is 2.90. The summed E-state index contributed by atoms with van der Waals surface area (Å²) in [5.74, 6) is 0.770. The summed E-state index contributed by atoms with van der Waals surface area (Å²) in [7, 11) is 0. The number of hydrogen-bond acceptors (Lipinski definition) is 3. The second kappa shape index (κ2) is 5.29. The molecule has 1 fully saturated rings. The number of pyridine rings is 1. The van der Waals surface area contributed by atoms with Crippen molar-refractivity contribution in [2.45, 2.75) is 31.9 Å². The Morgan fingerprint density at radius 2 is 2.14 bits per heavy atom. The minimum atomic E-state index is -4.41. The molecular formula is C14H17F3N4. The number of halogens is 3. The molecule has 1 saturated heterocycles. The van der Waals surface area contributed by atoms with E-state index in [-0.39, 0.29) is 11.6 Å². The van der Waals surface area contributed by atoms with Crippen molar-refractivity contribution in [3.05, 3.63) is 29.7 Å². The largest absolute Gasteiger partial charge is 0.420 e. The van der Waals surface area contributed by atoms with Gasteiger partial charge in [0.25, 0.3) is 0 Å². The van der Waals surface area contributed by atoms with Crippen LogP contribution in [0.25, 0.3) is 5.65 Å². The molecule has 1 aliphatic heterocycles. The van der Waals surface area contributed by atoms with E-state index in [1.807, 2.05) is 0 Å². The fourth-order valence-corrected chi connectivity index (χ4v) is 2.99. The van der Waals surface area contributed by atoms with Crippen LogP contribution in [-0.4, -0.2) is 39.1 Å². The lowest BCUT2D eigenvalue weighted by molar-refractivity contribution is -0.136. The first-order valence-corrected chi connectivity index (χ1v) is 7.14. The predicted octanol–water partition coefficient (Wildman–Crippen LogP) is 2.95. The Hall–Kier alpha value is -1.63. The second-order valence-corrected chi connectivity index (χ2v) is 5.40. The number of nitrogens with zero attached hydrogens (tertiary/aromatic N) is 4. The number of aromatic nitrogens is 3. The van der Waals surface area contributed by atoms with E-state index in [0.717, 1.165) is 38.5 Å². The lowest BCUT2D eigenvalue weighted by Crippen LogP contribution is -2.34. The maximum atomic E-state index is 13.0. The SMILES string of the molecule is CCN1CCC[C@H](c2nnc3c(C(F)(F)F)cccn23)C1. The lowest BCUT2D eigenvalue weighted by Gasteiger charge is -2.30. The average molecular weight is 298 g/mol. The second-order valence-electron chi connectivity index (χ2n) is 5.40. The van der Waals surface area contributed by atoms with Crippen molar-refractivity contribution in [1.82, 2.24) is 19.5 Å². The van der Waals surface area contributed by atoms with Gasteiger partial charge in [-0.15, -0.1) is 10.2 Å². The van der Waals surface area contributed by atoms with E-state index in [1.165, 1.54) is 10.5 Å². The van der Waals surface area contributed by atoms with Gasteiger partial charge in [0.15, 0.2) is 5.65 Å². The minimum absolute atomic E-state index is 0.103. The zero-order chi connectivity index (χ0) is 15.0. The third-order valence-corrected chi connectivity index (χ3v) is 4.08. The molecule has 3 rings (SSSR count). The highest BCUT2D eigenvalue weighted by atomic mass is 19.4. The molecule has 0 unspecified atom stereocenters. The molecular weight excluding hydrogens is 281 g/mol. The summed E-state index contributed by atoms with van der Waals surface area (Å²) in [6.07, 6.45) is -0.820. The van der Waals surface area contributed by atoms with E-state index in [1.54, 1.807) is 6.20 Å². The summed E-state index contributed by atoms with van der Waals surface area (Å²) >= 11 is 0. The molecule has 1 atom stereocenters. The van der Waals surface area contributed by atoms with E-state index >= 15 is 0 Å². The van der Waals surface area contributed by atoms with Gasteiger partial charge >= 0.3 is 6.18 Å². The van der Waals surface area contributed by atoms with Crippen LogP contribution in [0, 0.1) is 0 Å². The summed E-state index contributed by atoms with van der Waals surface area (Å²) in [5.41, 5.74) is -0.833. The molecule has 114 valence electrons. The standard InChI is InChI=1S/C14H17F3N4/c1-2-20-7-3-5-10(9-20)12-18-19-13-11(14(15,16)17)6-4-8-21(12)13/h4,6,8,10H,2-3,5,7,9H2,1H3/t10-/m0/s1. The van der Waals surface area contributed by atoms with Gasteiger partial charge in [-0.25, -0.2) is 0 Å². The molecule has 2 aromatic rings. The number of alkyl halides is 3. The van der Waals surface area contributed by atoms with Crippen LogP contribution in [0.2, 0.25) is 0 Å². The predicted molar refractivity (Wildman–Crippen MR) is 72.1 cm³/mol. The van der Waals surface area contributed by atoms with E-state index < -0.39 is 11.7 Å². The van der Waals surface area contributed by atoms with Crippen molar-refractivity contribution in [2.24, 2.45) is 0 Å². The molecule has 0 spiro atoms. The molecule has 0 amide bonds. The van der Waals surface area contributed by atoms with Crippen LogP contribution in [0.1, 0.15) is 37.1 Å². The van der Waals surface area contributed by atoms with Crippen molar-refractivity contribution < 1.29 is 13.2 Å². The quantitative estimate of drug-likeness (QED) is 0.854. The number of fused-ring (bicyclic) bond motifs is 1. The highest BCUT2D eigenvalue weighted by Crippen LogP contribution is 2.33. The van der Waals surface area contributed by atoms with Crippen LogP contribution < -0.4 is 0 Å². The molecule has 0 aliphatic carbocycles. The third-order valence-electron chi connectivity index (χ3n) is 4.08. The summed E-state index contributed by atoms with van der Waals surface area (Å²) in [6, 6.07) is 2.45. The fourth-order valence-electron chi connectivity index (χ4n) is 2.99. The first-order valence-electron chi connectivity index (χ1n) is 7.14. The summed E-state index contributed by atoms with van der Waals surface area (Å²) in [5, 5.41) is 7.83. The van der Waals surface area contributed by atoms with Gasteiger partial charge in [-0.05, 0) is 38.1 Å². The zero-order valence-corrected chi connectivity index (χ0v) is 11.8. The number of hydrogen-bond donors (Lipinski definition) is 0. The van der Waals surface area contributed by atoms with Gasteiger partial charge < -0.3 is 4.90 Å². The van der Waals surface area contributed by atoms with Crippen molar-refractivity contribution >= 4 is 5.65 Å². The smallest absolute Gasteiger partial charge is 0.303 e. The Morgan fingerprint density at radius 1 is 1.33 bits per heavy atom. The van der Waals surface area contributed by atoms with Gasteiger partial charge in [0.1, 0.15) is 11.4 Å². The molecule has 0 radical (unpaired) electrons. The monoisotopic (exact) mass is 298 g/mol. The maximum absolute atomic E-state index is 13.0. The number of rotatable bonds is 2. The molecule has 21 heavy (non-hydrogen) atoms. The van der Waals surface area contributed by atoms with Gasteiger partial charge in [-0.3, -0.25) is 4.40 Å². The molecule has 3 heterocycles. The Kier molecular flexibility index (Phi) is 3.61. The topological polar surface area (TPSA) is 33.4 Å². The number of piperidine rings is 1. The molecule has 2 aromatic heterocycles. The minimum Gasteiger partial charge on any atom is -0.303 e. The van der Waals surface area contributed by atoms with Crippen molar-refractivity contribution in [2.75, 3.05) is 19.6 Å². The van der Waals surface area contributed by atoms with Gasteiger partial charge in [0, 0.05) is 18.7 Å². The third kappa shape index (κ3) is 2.62. The Morgan fingerprint density at radius 3 is 2.86 bits per heavy atom. The Bertz CT molecular complexity index is 635. The zero-order valence-electron chi connectivity index (χ0n) is 11.8. The van der Waals surface area contributed by atoms with Crippen LogP contribution in [-0.2, 0) is 6.18 Å². The van der Waals surface area contributed by atoms with Crippen molar-refractivity contribution in [1.29, 1.82) is 0 Å². The van der Waals surface area contributed by atoms with Crippen molar-refractivity contribution in [3.8, 4) is 0 Å². The van der Waals surface area contributed by atoms with Crippen molar-refractivity contribution in [3.63, 3.8) is 0 Å². The summed E-state index contributed by atoms with van der Waals surface area (Å²) < 4.78 is 40.5. The summed E-state index contributed by atoms with van der Waals surface area (Å²) in [4.78, 5) is 2.29. The fraction of sp³-hybridized carbons (Fsp3) is 0.571. The first kappa shape index (κ1) is 14.3. The molecule has 1 aliphatic rings. The van der Waals surface area contributed by atoms with E-state index in [2.05, 4.69) is 22.0 Å². The van der Waals surface area contributed by atoms with Crippen LogP contribution >= 0.6 is 0 Å². The van der Waals surface area contributed by atoms with Crippen LogP contribution in [0.4, 0.5) is 13.2 Å². The lowest BCUT2D eigenvalue weighted by atomic mass is 9.97. The maximum Gasteiger partial charge on any atom is 0.420 e. The molecule has 0 bridgehead atoms. The Balaban J connectivity index is 2.01. The highest BCUT2D eigenvalue weighted by Gasteiger charge is 2.35. The summed E-state index contributed by atoms with van der Waals surface area (Å²) in [6.45, 7) is 4.90. The first-order chi connectivity index (χ1) is 10.0. The van der Waals surface area contributed by atoms with Crippen LogP contribution in [0.15, 0.2) is 18.3 Å². The highest BCUT2D eigenvalue weighted by molar-refractivity contribution is 5.49. The van der Waals surface area contributed by atoms with Gasteiger partial charge in [0.05, 0.1) is 0 Å². The normalized spacial score (nSPS) is 21.0. The molecule has 0 aromatic carbocycles. The molecule has 0 saturated carbocycles. The van der Waals surface area contributed by atoms with Gasteiger partial charge in [-0.1, -0.05) is 6.92 Å². The number of likely N-dealkylation sites (tertiary alicyclic amines) is 1. The molecule has 7 heteroatoms.